The molecule has 1 saturated heterocycles. The highest BCUT2D eigenvalue weighted by Crippen LogP contribution is 2.17. The molecule has 0 bridgehead atoms. The summed E-state index contributed by atoms with van der Waals surface area (Å²) in [5.41, 5.74) is 0. The van der Waals surface area contributed by atoms with Gasteiger partial charge >= 0.3 is 0 Å². The van der Waals surface area contributed by atoms with Crippen LogP contribution in [-0.2, 0) is 18.3 Å². The van der Waals surface area contributed by atoms with Crippen molar-refractivity contribution in [2.24, 2.45) is 13.0 Å². The van der Waals surface area contributed by atoms with Crippen LogP contribution in [0.25, 0.3) is 0 Å². The second kappa shape index (κ2) is 6.70. The molecule has 0 aromatic carbocycles. The normalized spacial score (nSPS) is 23.3. The summed E-state index contributed by atoms with van der Waals surface area (Å²) in [5.74, 6) is 1.74. The maximum atomic E-state index is 11.9. The molecule has 1 fully saturated rings. The molecule has 1 amide bonds. The Morgan fingerprint density at radius 3 is 3.16 bits per heavy atom. The molecule has 1 aliphatic rings. The van der Waals surface area contributed by atoms with Gasteiger partial charge in [-0.15, -0.1) is 0 Å². The van der Waals surface area contributed by atoms with Gasteiger partial charge in [0.1, 0.15) is 5.82 Å². The molecule has 2 heterocycles. The van der Waals surface area contributed by atoms with Gasteiger partial charge in [0.2, 0.25) is 5.91 Å². The lowest BCUT2D eigenvalue weighted by molar-refractivity contribution is -0.121. The Bertz CT molecular complexity index is 415. The van der Waals surface area contributed by atoms with Gasteiger partial charge in [-0.2, -0.15) is 0 Å². The number of carbonyl (C=O) groups excluding carboxylic acids is 1. The van der Waals surface area contributed by atoms with Crippen molar-refractivity contribution in [3.05, 3.63) is 18.2 Å². The number of aryl methyl sites for hydroxylation is 1. The predicted molar refractivity (Wildman–Crippen MR) is 74.7 cm³/mol. The SMILES string of the molecule is CC1CCCNC1CC(=O)NCCc1nccn1C. The number of hydrogen-bond donors (Lipinski definition) is 2. The summed E-state index contributed by atoms with van der Waals surface area (Å²) in [6.07, 6.45) is 7.51. The van der Waals surface area contributed by atoms with E-state index in [1.807, 2.05) is 17.8 Å². The maximum absolute atomic E-state index is 11.9. The van der Waals surface area contributed by atoms with Gasteiger partial charge in [0, 0.05) is 44.9 Å². The average Bonchev–Trinajstić information content (AvgIpc) is 2.78. The fourth-order valence-electron chi connectivity index (χ4n) is 2.61. The molecule has 1 aromatic rings. The third-order valence-electron chi connectivity index (χ3n) is 3.93. The molecule has 5 nitrogen and oxygen atoms in total. The van der Waals surface area contributed by atoms with Gasteiger partial charge in [-0.1, -0.05) is 6.92 Å². The topological polar surface area (TPSA) is 59.0 Å². The molecular weight excluding hydrogens is 240 g/mol. The van der Waals surface area contributed by atoms with Crippen LogP contribution in [0.15, 0.2) is 12.4 Å². The number of amides is 1. The van der Waals surface area contributed by atoms with Crippen LogP contribution in [0.5, 0.6) is 0 Å². The van der Waals surface area contributed by atoms with Gasteiger partial charge in [-0.3, -0.25) is 4.79 Å². The van der Waals surface area contributed by atoms with Crippen molar-refractivity contribution in [2.45, 2.75) is 38.6 Å². The molecule has 2 unspecified atom stereocenters. The lowest BCUT2D eigenvalue weighted by Crippen LogP contribution is -2.43. The van der Waals surface area contributed by atoms with E-state index in [4.69, 9.17) is 0 Å². The molecule has 2 rings (SSSR count). The largest absolute Gasteiger partial charge is 0.356 e. The van der Waals surface area contributed by atoms with E-state index in [0.717, 1.165) is 18.8 Å². The summed E-state index contributed by atoms with van der Waals surface area (Å²) in [5, 5.41) is 6.42. The second-order valence-corrected chi connectivity index (χ2v) is 5.44. The monoisotopic (exact) mass is 264 g/mol. The van der Waals surface area contributed by atoms with Gasteiger partial charge in [-0.05, 0) is 25.3 Å². The molecule has 5 heteroatoms. The van der Waals surface area contributed by atoms with Crippen LogP contribution in [0.2, 0.25) is 0 Å². The summed E-state index contributed by atoms with van der Waals surface area (Å²) >= 11 is 0. The molecule has 0 radical (unpaired) electrons. The molecule has 1 aromatic heterocycles. The van der Waals surface area contributed by atoms with Crippen LogP contribution in [0, 0.1) is 5.92 Å². The summed E-state index contributed by atoms with van der Waals surface area (Å²) in [4.78, 5) is 16.1. The number of imidazole rings is 1. The number of nitrogens with one attached hydrogen (secondary N) is 2. The zero-order valence-electron chi connectivity index (χ0n) is 11.9. The van der Waals surface area contributed by atoms with E-state index >= 15 is 0 Å². The van der Waals surface area contributed by atoms with E-state index in [0.29, 0.717) is 24.9 Å². The van der Waals surface area contributed by atoms with Crippen molar-refractivity contribution in [3.8, 4) is 0 Å². The van der Waals surface area contributed by atoms with Crippen molar-refractivity contribution < 1.29 is 4.79 Å². The van der Waals surface area contributed by atoms with Crippen LogP contribution < -0.4 is 10.6 Å². The fraction of sp³-hybridized carbons (Fsp3) is 0.714. The van der Waals surface area contributed by atoms with Gasteiger partial charge in [0.25, 0.3) is 0 Å². The minimum Gasteiger partial charge on any atom is -0.356 e. The summed E-state index contributed by atoms with van der Waals surface area (Å²) < 4.78 is 1.98. The Morgan fingerprint density at radius 2 is 2.47 bits per heavy atom. The molecule has 0 spiro atoms. The number of nitrogens with zero attached hydrogens (tertiary/aromatic N) is 2. The number of carbonyl (C=O) groups is 1. The lowest BCUT2D eigenvalue weighted by Gasteiger charge is -2.29. The average molecular weight is 264 g/mol. The first kappa shape index (κ1) is 14.1. The number of aromatic nitrogens is 2. The summed E-state index contributed by atoms with van der Waals surface area (Å²) in [7, 11) is 1.97. The first-order valence-corrected chi connectivity index (χ1v) is 7.13. The maximum Gasteiger partial charge on any atom is 0.221 e. The van der Waals surface area contributed by atoms with Gasteiger partial charge in [0.05, 0.1) is 0 Å². The van der Waals surface area contributed by atoms with Crippen molar-refractivity contribution in [1.82, 2.24) is 20.2 Å². The van der Waals surface area contributed by atoms with Crippen molar-refractivity contribution in [3.63, 3.8) is 0 Å². The molecule has 19 heavy (non-hydrogen) atoms. The third kappa shape index (κ3) is 4.06. The highest BCUT2D eigenvalue weighted by molar-refractivity contribution is 5.76. The zero-order valence-corrected chi connectivity index (χ0v) is 11.9. The van der Waals surface area contributed by atoms with E-state index in [9.17, 15) is 4.79 Å². The molecule has 0 saturated carbocycles. The van der Waals surface area contributed by atoms with Gasteiger partial charge in [0.15, 0.2) is 0 Å². The smallest absolute Gasteiger partial charge is 0.221 e. The Kier molecular flexibility index (Phi) is 4.96. The van der Waals surface area contributed by atoms with E-state index in [1.165, 1.54) is 12.8 Å². The molecule has 106 valence electrons. The predicted octanol–water partition coefficient (Wildman–Crippen LogP) is 0.857. The molecule has 1 aliphatic heterocycles. The van der Waals surface area contributed by atoms with Crippen LogP contribution >= 0.6 is 0 Å². The highest BCUT2D eigenvalue weighted by atomic mass is 16.1. The molecule has 2 N–H and O–H groups in total. The van der Waals surface area contributed by atoms with E-state index < -0.39 is 0 Å². The molecule has 0 aliphatic carbocycles. The van der Waals surface area contributed by atoms with Gasteiger partial charge < -0.3 is 15.2 Å². The summed E-state index contributed by atoms with van der Waals surface area (Å²) in [6, 6.07) is 0.335. The Hall–Kier alpha value is -1.36. The van der Waals surface area contributed by atoms with Crippen molar-refractivity contribution in [2.75, 3.05) is 13.1 Å². The number of piperidine rings is 1. The minimum absolute atomic E-state index is 0.139. The highest BCUT2D eigenvalue weighted by Gasteiger charge is 2.22. The van der Waals surface area contributed by atoms with Crippen LogP contribution in [-0.4, -0.2) is 34.6 Å². The third-order valence-corrected chi connectivity index (χ3v) is 3.93. The molecule has 2 atom stereocenters. The van der Waals surface area contributed by atoms with Crippen LogP contribution in [0.3, 0.4) is 0 Å². The number of rotatable bonds is 5. The van der Waals surface area contributed by atoms with Crippen LogP contribution in [0.1, 0.15) is 32.0 Å². The van der Waals surface area contributed by atoms with E-state index in [2.05, 4.69) is 22.5 Å². The van der Waals surface area contributed by atoms with Crippen molar-refractivity contribution >= 4 is 5.91 Å². The Morgan fingerprint density at radius 1 is 1.63 bits per heavy atom. The Labute approximate surface area is 114 Å². The van der Waals surface area contributed by atoms with Gasteiger partial charge in [-0.25, -0.2) is 4.98 Å². The molecular formula is C14H24N4O. The first-order valence-electron chi connectivity index (χ1n) is 7.13. The van der Waals surface area contributed by atoms with E-state index in [1.54, 1.807) is 6.20 Å². The second-order valence-electron chi connectivity index (χ2n) is 5.44. The van der Waals surface area contributed by atoms with Crippen LogP contribution in [0.4, 0.5) is 0 Å². The Balaban J connectivity index is 1.68. The quantitative estimate of drug-likeness (QED) is 0.829. The standard InChI is InChI=1S/C14H24N4O/c1-11-4-3-6-15-12(11)10-14(19)17-7-5-13-16-8-9-18(13)2/h8-9,11-12,15H,3-7,10H2,1-2H3,(H,17,19). The lowest BCUT2D eigenvalue weighted by atomic mass is 9.90. The first-order chi connectivity index (χ1) is 9.16. The zero-order chi connectivity index (χ0) is 13.7. The van der Waals surface area contributed by atoms with Crippen molar-refractivity contribution in [1.29, 1.82) is 0 Å². The van der Waals surface area contributed by atoms with E-state index in [-0.39, 0.29) is 5.91 Å². The minimum atomic E-state index is 0.139. The fourth-order valence-corrected chi connectivity index (χ4v) is 2.61. The number of hydrogen-bond acceptors (Lipinski definition) is 3. The summed E-state index contributed by atoms with van der Waals surface area (Å²) in [6.45, 7) is 3.92.